The highest BCUT2D eigenvalue weighted by Gasteiger charge is 2.32. The molecule has 0 fully saturated rings. The predicted octanol–water partition coefficient (Wildman–Crippen LogP) is 2.40. The minimum absolute atomic E-state index is 0.125. The molecule has 2 aliphatic rings. The minimum atomic E-state index is -0.967. The van der Waals surface area contributed by atoms with Crippen molar-refractivity contribution in [1.29, 1.82) is 0 Å². The van der Waals surface area contributed by atoms with Crippen molar-refractivity contribution in [2.24, 2.45) is 4.99 Å². The van der Waals surface area contributed by atoms with Crippen LogP contribution in [0, 0.1) is 32.6 Å². The molecule has 2 aliphatic heterocycles. The van der Waals surface area contributed by atoms with E-state index in [2.05, 4.69) is 27.5 Å². The number of hydrazine groups is 1. The van der Waals surface area contributed by atoms with E-state index in [1.165, 1.54) is 12.2 Å². The number of nitrogens with zero attached hydrogens (tertiary/aromatic N) is 5. The summed E-state index contributed by atoms with van der Waals surface area (Å²) < 4.78 is 1.92. The fourth-order valence-corrected chi connectivity index (χ4v) is 5.44. The molecule has 186 valence electrons. The molecule has 5 rings (SSSR count). The molecule has 1 aromatic carbocycles. The van der Waals surface area contributed by atoms with E-state index in [9.17, 15) is 19.5 Å². The van der Waals surface area contributed by atoms with Crippen molar-refractivity contribution in [2.45, 2.75) is 33.2 Å². The largest absolute Gasteiger partial charge is 0.481 e. The molecule has 2 aromatic heterocycles. The van der Waals surface area contributed by atoms with Crippen molar-refractivity contribution in [2.75, 3.05) is 6.54 Å². The number of hydrogen-bond donors (Lipinski definition) is 2. The van der Waals surface area contributed by atoms with Crippen molar-refractivity contribution in [3.8, 4) is 16.8 Å². The van der Waals surface area contributed by atoms with E-state index in [1.807, 2.05) is 49.6 Å². The molecule has 3 aromatic rings. The monoisotopic (exact) mass is 514 g/mol. The predicted molar refractivity (Wildman–Crippen MR) is 136 cm³/mol. The number of nitrogens with one attached hydrogen (secondary N) is 1. The maximum absolute atomic E-state index is 11.7. The summed E-state index contributed by atoms with van der Waals surface area (Å²) in [5.41, 5.74) is 6.98. The Bertz CT molecular complexity index is 1550. The minimum Gasteiger partial charge on any atom is -0.481 e. The highest BCUT2D eigenvalue weighted by Crippen LogP contribution is 2.39. The van der Waals surface area contributed by atoms with Gasteiger partial charge in [0.15, 0.2) is 5.82 Å². The van der Waals surface area contributed by atoms with Gasteiger partial charge in [-0.25, -0.2) is 10.4 Å². The van der Waals surface area contributed by atoms with Crippen molar-refractivity contribution in [3.05, 3.63) is 75.2 Å². The number of rotatable bonds is 5. The number of aryl methyl sites for hydroxylation is 2. The van der Waals surface area contributed by atoms with Crippen LogP contribution >= 0.6 is 11.3 Å². The van der Waals surface area contributed by atoms with Crippen LogP contribution in [0.4, 0.5) is 0 Å². The third kappa shape index (κ3) is 4.48. The Labute approximate surface area is 216 Å². The number of carboxylic acids is 1. The molecule has 0 saturated carbocycles. The van der Waals surface area contributed by atoms with Crippen LogP contribution in [-0.2, 0) is 14.4 Å². The van der Waals surface area contributed by atoms with Gasteiger partial charge in [-0.05, 0) is 38.5 Å². The van der Waals surface area contributed by atoms with Crippen molar-refractivity contribution >= 4 is 34.8 Å². The summed E-state index contributed by atoms with van der Waals surface area (Å²) in [4.78, 5) is 40.9. The van der Waals surface area contributed by atoms with E-state index in [4.69, 9.17) is 4.99 Å². The first-order chi connectivity index (χ1) is 17.7. The maximum atomic E-state index is 11.7. The first kappa shape index (κ1) is 24.3. The zero-order valence-electron chi connectivity index (χ0n) is 20.3. The molecule has 4 heterocycles. The molecular weight excluding hydrogens is 492 g/mol. The van der Waals surface area contributed by atoms with Crippen LogP contribution in [0.2, 0.25) is 0 Å². The van der Waals surface area contributed by atoms with Gasteiger partial charge in [0.1, 0.15) is 16.9 Å². The molecule has 0 spiro atoms. The molecule has 11 heteroatoms. The molecule has 0 unspecified atom stereocenters. The summed E-state index contributed by atoms with van der Waals surface area (Å²) >= 11 is 1.61. The van der Waals surface area contributed by atoms with Gasteiger partial charge in [-0.1, -0.05) is 24.0 Å². The number of fused-ring (bicyclic) bond motifs is 3. The molecule has 2 N–H and O–H groups in total. The fourth-order valence-electron chi connectivity index (χ4n) is 4.22. The quantitative estimate of drug-likeness (QED) is 0.395. The van der Waals surface area contributed by atoms with Crippen LogP contribution in [-0.4, -0.2) is 54.9 Å². The van der Waals surface area contributed by atoms with Gasteiger partial charge in [0.05, 0.1) is 18.7 Å². The highest BCUT2D eigenvalue weighted by atomic mass is 32.1. The highest BCUT2D eigenvalue weighted by molar-refractivity contribution is 7.15. The van der Waals surface area contributed by atoms with Gasteiger partial charge in [-0.15, -0.1) is 21.5 Å². The molecule has 37 heavy (non-hydrogen) atoms. The van der Waals surface area contributed by atoms with Crippen LogP contribution in [0.15, 0.2) is 41.4 Å². The van der Waals surface area contributed by atoms with Crippen molar-refractivity contribution < 1.29 is 19.5 Å². The zero-order valence-corrected chi connectivity index (χ0v) is 21.1. The molecule has 0 radical (unpaired) electrons. The summed E-state index contributed by atoms with van der Waals surface area (Å²) in [6.07, 6.45) is 2.19. The summed E-state index contributed by atoms with van der Waals surface area (Å²) in [6.45, 7) is 6.06. The average molecular weight is 515 g/mol. The Hall–Kier alpha value is -4.40. The van der Waals surface area contributed by atoms with Gasteiger partial charge in [0.25, 0.3) is 11.8 Å². The normalized spacial score (nSPS) is 16.1. The van der Waals surface area contributed by atoms with E-state index < -0.39 is 23.8 Å². The summed E-state index contributed by atoms with van der Waals surface area (Å²) in [7, 11) is 0. The molecule has 10 nitrogen and oxygen atoms in total. The second-order valence-electron chi connectivity index (χ2n) is 8.55. The van der Waals surface area contributed by atoms with E-state index in [1.54, 1.807) is 11.3 Å². The Morgan fingerprint density at radius 1 is 1.11 bits per heavy atom. The average Bonchev–Trinajstić information content (AvgIpc) is 3.46. The van der Waals surface area contributed by atoms with Crippen LogP contribution in [0.1, 0.15) is 51.2 Å². The lowest BCUT2D eigenvalue weighted by molar-refractivity contribution is -0.140. The standard InChI is InChI=1S/C26H22N6O4S/c1-14-15(2)37-26-23(14)24(28-19(13-22(35)36)25-30-29-16(3)31(25)26)18-8-6-17(7-9-18)5-4-12-27-32-20(33)10-11-21(32)34/h6-11,19,27H,12-13H2,1-3H3,(H,35,36)/t19-/m0/s1. The van der Waals surface area contributed by atoms with Crippen LogP contribution < -0.4 is 5.43 Å². The molecule has 0 bridgehead atoms. The number of benzene rings is 1. The fraction of sp³-hybridized carbons (Fsp3) is 0.231. The molecule has 0 aliphatic carbocycles. The van der Waals surface area contributed by atoms with Gasteiger partial charge >= 0.3 is 5.97 Å². The van der Waals surface area contributed by atoms with Crippen molar-refractivity contribution in [1.82, 2.24) is 25.2 Å². The van der Waals surface area contributed by atoms with E-state index >= 15 is 0 Å². The summed E-state index contributed by atoms with van der Waals surface area (Å²) in [5, 5.41) is 19.9. The zero-order chi connectivity index (χ0) is 26.3. The number of aliphatic carboxylic acids is 1. The van der Waals surface area contributed by atoms with Crippen LogP contribution in [0.25, 0.3) is 5.00 Å². The Balaban J connectivity index is 1.47. The molecule has 2 amide bonds. The topological polar surface area (TPSA) is 130 Å². The van der Waals surface area contributed by atoms with E-state index in [0.29, 0.717) is 17.4 Å². The lowest BCUT2D eigenvalue weighted by atomic mass is 9.98. The number of carboxylic acid groups (broad SMARTS) is 1. The Kier molecular flexibility index (Phi) is 6.29. The van der Waals surface area contributed by atoms with Gasteiger partial charge in [-0.3, -0.25) is 23.9 Å². The van der Waals surface area contributed by atoms with E-state index in [-0.39, 0.29) is 13.0 Å². The Morgan fingerprint density at radius 2 is 1.81 bits per heavy atom. The third-order valence-corrected chi connectivity index (χ3v) is 7.33. The smallest absolute Gasteiger partial charge is 0.306 e. The number of imide groups is 1. The molecule has 1 atom stereocenters. The number of hydrogen-bond acceptors (Lipinski definition) is 8. The SMILES string of the molecule is Cc1sc2c(c1C)C(c1ccc(C#CCNN3C(=O)C=CC3=O)cc1)=N[C@@H](CC(=O)O)c1nnc(C)n1-2. The van der Waals surface area contributed by atoms with E-state index in [0.717, 1.165) is 37.1 Å². The van der Waals surface area contributed by atoms with Crippen molar-refractivity contribution in [3.63, 3.8) is 0 Å². The van der Waals surface area contributed by atoms with Gasteiger partial charge in [-0.2, -0.15) is 0 Å². The lowest BCUT2D eigenvalue weighted by Crippen LogP contribution is -2.42. The molecule has 0 saturated heterocycles. The number of carbonyl (C=O) groups excluding carboxylic acids is 2. The lowest BCUT2D eigenvalue weighted by Gasteiger charge is -2.12. The van der Waals surface area contributed by atoms with Gasteiger partial charge in [0, 0.05) is 33.7 Å². The Morgan fingerprint density at radius 3 is 2.49 bits per heavy atom. The first-order valence-corrected chi connectivity index (χ1v) is 12.3. The molecular formula is C26H22N6O4S. The third-order valence-electron chi connectivity index (χ3n) is 6.13. The maximum Gasteiger partial charge on any atom is 0.306 e. The summed E-state index contributed by atoms with van der Waals surface area (Å²) in [6, 6.07) is 6.83. The number of amides is 2. The number of aliphatic imine (C=N–C) groups is 1. The second-order valence-corrected chi connectivity index (χ2v) is 9.76. The first-order valence-electron chi connectivity index (χ1n) is 11.5. The number of carbonyl (C=O) groups is 3. The van der Waals surface area contributed by atoms with Gasteiger partial charge in [0.2, 0.25) is 0 Å². The van der Waals surface area contributed by atoms with Gasteiger partial charge < -0.3 is 5.11 Å². The number of aromatic nitrogens is 3. The van der Waals surface area contributed by atoms with Crippen LogP contribution in [0.3, 0.4) is 0 Å². The van der Waals surface area contributed by atoms with Crippen LogP contribution in [0.5, 0.6) is 0 Å². The number of thiophene rings is 1. The summed E-state index contributed by atoms with van der Waals surface area (Å²) in [5.74, 6) is 5.29. The second kappa shape index (κ2) is 9.57.